The Morgan fingerprint density at radius 3 is 2.39 bits per heavy atom. The molecule has 1 aliphatic rings. The second-order valence-corrected chi connectivity index (χ2v) is 7.10. The number of Topliss-reactive ketones (excluding diaryl/α,β-unsaturated/α-hetero) is 1. The standard InChI is InChI=1S/C22H19N5O4/c1-12(28)13-7-9-15(10-8-13)23-20(30)16-11-17(29)25-19-18(16)21(31)27-22(26-19)24-14-5-3-2-4-6-14/h2-10,16H,11H2,1H3,(H,23,30)(H3,24,25,26,27,29,31)/t16-/m1/s1. The monoisotopic (exact) mass is 417 g/mol. The normalized spacial score (nSPS) is 14.9. The third-order valence-corrected chi connectivity index (χ3v) is 4.86. The van der Waals surface area contributed by atoms with E-state index >= 15 is 0 Å². The van der Waals surface area contributed by atoms with E-state index in [9.17, 15) is 19.2 Å². The SMILES string of the molecule is CC(=O)c1ccc(NC(=O)[C@@H]2CC(=O)Nc3nc(Nc4ccccc4)[nH]c(=O)c32)cc1. The maximum Gasteiger partial charge on any atom is 0.258 e. The Morgan fingerprint density at radius 1 is 1.00 bits per heavy atom. The predicted molar refractivity (Wildman–Crippen MR) is 116 cm³/mol. The summed E-state index contributed by atoms with van der Waals surface area (Å²) in [6.07, 6.45) is -0.180. The van der Waals surface area contributed by atoms with Crippen LogP contribution in [0.1, 0.15) is 35.2 Å². The van der Waals surface area contributed by atoms with Crippen LogP contribution in [0.4, 0.5) is 23.1 Å². The van der Waals surface area contributed by atoms with Crippen LogP contribution in [-0.4, -0.2) is 27.6 Å². The van der Waals surface area contributed by atoms with Gasteiger partial charge in [-0.15, -0.1) is 0 Å². The van der Waals surface area contributed by atoms with Crippen molar-refractivity contribution in [3.8, 4) is 0 Å². The average molecular weight is 417 g/mol. The fraction of sp³-hybridized carbons (Fsp3) is 0.136. The molecule has 0 aliphatic carbocycles. The molecule has 1 aromatic heterocycles. The molecule has 2 amide bonds. The van der Waals surface area contributed by atoms with Gasteiger partial charge in [0.25, 0.3) is 5.56 Å². The molecule has 2 aromatic carbocycles. The van der Waals surface area contributed by atoms with Gasteiger partial charge in [0.2, 0.25) is 17.8 Å². The van der Waals surface area contributed by atoms with Gasteiger partial charge in [-0.1, -0.05) is 18.2 Å². The zero-order chi connectivity index (χ0) is 22.0. The van der Waals surface area contributed by atoms with Crippen molar-refractivity contribution in [1.82, 2.24) is 9.97 Å². The van der Waals surface area contributed by atoms with Gasteiger partial charge in [-0.05, 0) is 43.3 Å². The van der Waals surface area contributed by atoms with Crippen LogP contribution in [-0.2, 0) is 9.59 Å². The molecule has 156 valence electrons. The lowest BCUT2D eigenvalue weighted by molar-refractivity contribution is -0.123. The van der Waals surface area contributed by atoms with Crippen molar-refractivity contribution < 1.29 is 14.4 Å². The minimum absolute atomic E-state index is 0.0468. The molecule has 3 aromatic rings. The highest BCUT2D eigenvalue weighted by Crippen LogP contribution is 2.30. The van der Waals surface area contributed by atoms with E-state index in [0.29, 0.717) is 16.9 Å². The molecule has 0 unspecified atom stereocenters. The van der Waals surface area contributed by atoms with Crippen LogP contribution >= 0.6 is 0 Å². The number of H-pyrrole nitrogens is 1. The minimum atomic E-state index is -1.00. The fourth-order valence-electron chi connectivity index (χ4n) is 3.33. The number of anilines is 4. The fourth-order valence-corrected chi connectivity index (χ4v) is 3.33. The molecule has 9 nitrogen and oxygen atoms in total. The van der Waals surface area contributed by atoms with E-state index in [-0.39, 0.29) is 29.5 Å². The molecule has 9 heteroatoms. The first kappa shape index (κ1) is 20.0. The molecule has 1 atom stereocenters. The van der Waals surface area contributed by atoms with Gasteiger partial charge < -0.3 is 16.0 Å². The van der Waals surface area contributed by atoms with Crippen LogP contribution in [0.15, 0.2) is 59.4 Å². The summed E-state index contributed by atoms with van der Waals surface area (Å²) in [7, 11) is 0. The van der Waals surface area contributed by atoms with Crippen molar-refractivity contribution in [2.75, 3.05) is 16.0 Å². The lowest BCUT2D eigenvalue weighted by atomic mass is 9.92. The molecule has 2 heterocycles. The number of aromatic amines is 1. The molecule has 0 bridgehead atoms. The zero-order valence-corrected chi connectivity index (χ0v) is 16.6. The summed E-state index contributed by atoms with van der Waals surface area (Å²) in [5.41, 5.74) is 1.25. The summed E-state index contributed by atoms with van der Waals surface area (Å²) >= 11 is 0. The molecule has 4 rings (SSSR count). The number of amides is 2. The number of fused-ring (bicyclic) bond motifs is 1. The summed E-state index contributed by atoms with van der Waals surface area (Å²) in [5.74, 6) is -1.82. The topological polar surface area (TPSA) is 133 Å². The number of benzene rings is 2. The maximum atomic E-state index is 12.9. The van der Waals surface area contributed by atoms with E-state index < -0.39 is 23.3 Å². The Kier molecular flexibility index (Phi) is 5.31. The summed E-state index contributed by atoms with van der Waals surface area (Å²) in [4.78, 5) is 56.1. The van der Waals surface area contributed by atoms with Crippen molar-refractivity contribution in [2.24, 2.45) is 0 Å². The number of aromatic nitrogens is 2. The highest BCUT2D eigenvalue weighted by Gasteiger charge is 2.34. The van der Waals surface area contributed by atoms with Gasteiger partial charge in [0.1, 0.15) is 5.82 Å². The Labute approximate surface area is 176 Å². The van der Waals surface area contributed by atoms with Gasteiger partial charge in [0.05, 0.1) is 11.5 Å². The molecule has 31 heavy (non-hydrogen) atoms. The summed E-state index contributed by atoms with van der Waals surface area (Å²) < 4.78 is 0. The average Bonchev–Trinajstić information content (AvgIpc) is 2.74. The molecule has 0 saturated carbocycles. The van der Waals surface area contributed by atoms with Crippen LogP contribution in [0.3, 0.4) is 0 Å². The third kappa shape index (κ3) is 4.35. The number of carbonyl (C=O) groups excluding carboxylic acids is 3. The van der Waals surface area contributed by atoms with E-state index in [1.807, 2.05) is 18.2 Å². The predicted octanol–water partition coefficient (Wildman–Crippen LogP) is 2.78. The first-order chi connectivity index (χ1) is 14.9. The van der Waals surface area contributed by atoms with E-state index in [1.54, 1.807) is 36.4 Å². The highest BCUT2D eigenvalue weighted by atomic mass is 16.2. The summed E-state index contributed by atoms with van der Waals surface area (Å²) in [6, 6.07) is 15.5. The molecule has 4 N–H and O–H groups in total. The third-order valence-electron chi connectivity index (χ3n) is 4.86. The Hall–Kier alpha value is -4.27. The quantitative estimate of drug-likeness (QED) is 0.472. The first-order valence-corrected chi connectivity index (χ1v) is 9.58. The Balaban J connectivity index is 1.60. The van der Waals surface area contributed by atoms with Crippen LogP contribution in [0, 0.1) is 0 Å². The molecule has 0 radical (unpaired) electrons. The van der Waals surface area contributed by atoms with E-state index in [4.69, 9.17) is 0 Å². The van der Waals surface area contributed by atoms with Crippen molar-refractivity contribution >= 4 is 40.7 Å². The molecule has 0 fully saturated rings. The Bertz CT molecular complexity index is 1220. The molecule has 0 spiro atoms. The van der Waals surface area contributed by atoms with Gasteiger partial charge in [-0.2, -0.15) is 4.98 Å². The van der Waals surface area contributed by atoms with Gasteiger partial charge in [0.15, 0.2) is 5.78 Å². The number of rotatable bonds is 5. The highest BCUT2D eigenvalue weighted by molar-refractivity contribution is 6.04. The van der Waals surface area contributed by atoms with Gasteiger partial charge in [-0.3, -0.25) is 24.2 Å². The number of para-hydroxylation sites is 1. The molecule has 1 aliphatic heterocycles. The zero-order valence-electron chi connectivity index (χ0n) is 16.6. The van der Waals surface area contributed by atoms with E-state index in [0.717, 1.165) is 0 Å². The Morgan fingerprint density at radius 2 is 1.71 bits per heavy atom. The van der Waals surface area contributed by atoms with E-state index in [1.165, 1.54) is 6.92 Å². The number of nitrogens with zero attached hydrogens (tertiary/aromatic N) is 1. The van der Waals surface area contributed by atoms with Crippen LogP contribution in [0.5, 0.6) is 0 Å². The van der Waals surface area contributed by atoms with Gasteiger partial charge in [0, 0.05) is 23.4 Å². The lowest BCUT2D eigenvalue weighted by Gasteiger charge is -2.23. The van der Waals surface area contributed by atoms with Crippen LogP contribution < -0.4 is 21.5 Å². The van der Waals surface area contributed by atoms with Crippen LogP contribution in [0.25, 0.3) is 0 Å². The summed E-state index contributed by atoms with van der Waals surface area (Å²) in [5, 5.41) is 8.22. The minimum Gasteiger partial charge on any atom is -0.326 e. The second-order valence-electron chi connectivity index (χ2n) is 7.10. The second kappa shape index (κ2) is 8.23. The first-order valence-electron chi connectivity index (χ1n) is 9.58. The number of hydrogen-bond acceptors (Lipinski definition) is 6. The molecular formula is C22H19N5O4. The number of hydrogen-bond donors (Lipinski definition) is 4. The molecular weight excluding hydrogens is 398 g/mol. The lowest BCUT2D eigenvalue weighted by Crippen LogP contribution is -2.36. The smallest absolute Gasteiger partial charge is 0.258 e. The maximum absolute atomic E-state index is 12.9. The van der Waals surface area contributed by atoms with Crippen molar-refractivity contribution in [3.63, 3.8) is 0 Å². The number of ketones is 1. The van der Waals surface area contributed by atoms with Gasteiger partial charge >= 0.3 is 0 Å². The van der Waals surface area contributed by atoms with Gasteiger partial charge in [-0.25, -0.2) is 0 Å². The number of nitrogens with one attached hydrogen (secondary N) is 4. The van der Waals surface area contributed by atoms with Crippen molar-refractivity contribution in [3.05, 3.63) is 76.1 Å². The number of carbonyl (C=O) groups is 3. The van der Waals surface area contributed by atoms with E-state index in [2.05, 4.69) is 25.9 Å². The van der Waals surface area contributed by atoms with Crippen molar-refractivity contribution in [2.45, 2.75) is 19.3 Å². The van der Waals surface area contributed by atoms with Crippen molar-refractivity contribution in [1.29, 1.82) is 0 Å². The van der Waals surface area contributed by atoms with Crippen LogP contribution in [0.2, 0.25) is 0 Å². The summed E-state index contributed by atoms with van der Waals surface area (Å²) in [6.45, 7) is 1.45. The largest absolute Gasteiger partial charge is 0.326 e. The molecule has 0 saturated heterocycles.